The van der Waals surface area contributed by atoms with E-state index in [1.54, 1.807) is 6.07 Å². The van der Waals surface area contributed by atoms with Crippen molar-refractivity contribution in [1.82, 2.24) is 4.90 Å². The van der Waals surface area contributed by atoms with Gasteiger partial charge >= 0.3 is 0 Å². The summed E-state index contributed by atoms with van der Waals surface area (Å²) in [6, 6.07) is 4.47. The van der Waals surface area contributed by atoms with Crippen LogP contribution < -0.4 is 4.74 Å². The van der Waals surface area contributed by atoms with Crippen LogP contribution in [-0.2, 0) is 0 Å². The lowest BCUT2D eigenvalue weighted by Crippen LogP contribution is -2.33. The van der Waals surface area contributed by atoms with Crippen molar-refractivity contribution in [3.05, 3.63) is 33.9 Å². The number of rotatable bonds is 3. The molecular formula is C12H13ClN2O3S. The smallest absolute Gasteiger partial charge is 0.270 e. The second-order valence-electron chi connectivity index (χ2n) is 4.34. The van der Waals surface area contributed by atoms with Gasteiger partial charge in [0.05, 0.1) is 17.0 Å². The number of benzene rings is 1. The molecule has 1 aromatic carbocycles. The van der Waals surface area contributed by atoms with Gasteiger partial charge in [0, 0.05) is 25.1 Å². The molecule has 1 aliphatic heterocycles. The molecule has 1 heterocycles. The zero-order chi connectivity index (χ0) is 14.0. The summed E-state index contributed by atoms with van der Waals surface area (Å²) in [5.41, 5.74) is 0.595. The van der Waals surface area contributed by atoms with Crippen molar-refractivity contribution in [2.75, 3.05) is 19.5 Å². The van der Waals surface area contributed by atoms with E-state index in [1.807, 2.05) is 11.9 Å². The zero-order valence-corrected chi connectivity index (χ0v) is 11.9. The molecule has 0 aromatic heterocycles. The van der Waals surface area contributed by atoms with Gasteiger partial charge in [-0.15, -0.1) is 11.6 Å². The Kier molecular flexibility index (Phi) is 4.21. The van der Waals surface area contributed by atoms with Gasteiger partial charge in [0.2, 0.25) is 0 Å². The number of non-ortho nitro benzene ring substituents is 1. The number of likely N-dealkylation sites (N-methyl/N-ethyl adjacent to an activating group) is 1. The minimum atomic E-state index is -0.440. The molecule has 7 heteroatoms. The van der Waals surface area contributed by atoms with E-state index in [4.69, 9.17) is 28.6 Å². The summed E-state index contributed by atoms with van der Waals surface area (Å²) in [5.74, 6) is 1.07. The number of nitro groups is 1. The van der Waals surface area contributed by atoms with Crippen LogP contribution in [0.5, 0.6) is 5.75 Å². The second-order valence-corrected chi connectivity index (χ2v) is 5.11. The number of hydrogen-bond donors (Lipinski definition) is 0. The van der Waals surface area contributed by atoms with Crippen molar-refractivity contribution in [1.29, 1.82) is 0 Å². The summed E-state index contributed by atoms with van der Waals surface area (Å²) in [6.45, 7) is 0.619. The molecular weight excluding hydrogens is 288 g/mol. The van der Waals surface area contributed by atoms with Crippen LogP contribution in [0, 0.1) is 10.1 Å². The molecule has 19 heavy (non-hydrogen) atoms. The fourth-order valence-corrected chi connectivity index (χ4v) is 2.46. The normalized spacial score (nSPS) is 18.5. The Morgan fingerprint density at radius 1 is 1.63 bits per heavy atom. The molecule has 0 bridgehead atoms. The number of alkyl halides is 1. The summed E-state index contributed by atoms with van der Waals surface area (Å²) in [4.78, 5) is 12.8. The monoisotopic (exact) mass is 300 g/mol. The molecule has 102 valence electrons. The number of hydrogen-bond acceptors (Lipinski definition) is 4. The lowest BCUT2D eigenvalue weighted by molar-refractivity contribution is -0.384. The molecule has 1 aromatic rings. The topological polar surface area (TPSA) is 55.6 Å². The van der Waals surface area contributed by atoms with Crippen LogP contribution in [0.15, 0.2) is 18.2 Å². The first-order valence-corrected chi connectivity index (χ1v) is 6.73. The summed E-state index contributed by atoms with van der Waals surface area (Å²) in [7, 11) is 1.85. The Morgan fingerprint density at radius 2 is 2.37 bits per heavy atom. The SMILES string of the molecule is CN1CC(CCCl)Oc2ccc([N+](=O)[O-])cc2C1=S. The standard InChI is InChI=1S/C12H13ClN2O3S/c1-14-7-9(4-5-13)18-11-3-2-8(15(16)17)6-10(11)12(14)19/h2-3,6,9H,4-5,7H2,1H3. The molecule has 5 nitrogen and oxygen atoms in total. The third-order valence-electron chi connectivity index (χ3n) is 2.95. The molecule has 1 atom stereocenters. The minimum absolute atomic E-state index is 0.00823. The van der Waals surface area contributed by atoms with Gasteiger partial charge in [-0.2, -0.15) is 0 Å². The minimum Gasteiger partial charge on any atom is -0.488 e. The highest BCUT2D eigenvalue weighted by molar-refractivity contribution is 7.80. The van der Waals surface area contributed by atoms with E-state index in [-0.39, 0.29) is 11.8 Å². The third-order valence-corrected chi connectivity index (χ3v) is 3.70. The van der Waals surface area contributed by atoms with Gasteiger partial charge in [0.1, 0.15) is 16.8 Å². The van der Waals surface area contributed by atoms with E-state index in [2.05, 4.69) is 0 Å². The molecule has 2 rings (SSSR count). The van der Waals surface area contributed by atoms with Crippen LogP contribution in [-0.4, -0.2) is 40.4 Å². The Labute approximate surface area is 121 Å². The van der Waals surface area contributed by atoms with Gasteiger partial charge in [-0.3, -0.25) is 10.1 Å². The Balaban J connectivity index is 2.41. The quantitative estimate of drug-likeness (QED) is 0.372. The molecule has 0 amide bonds. The first kappa shape index (κ1) is 14.0. The maximum absolute atomic E-state index is 10.8. The number of nitro benzene ring substituents is 1. The fourth-order valence-electron chi connectivity index (χ4n) is 1.98. The lowest BCUT2D eigenvalue weighted by atomic mass is 10.1. The molecule has 0 saturated carbocycles. The van der Waals surface area contributed by atoms with Crippen LogP contribution in [0.3, 0.4) is 0 Å². The number of ether oxygens (including phenoxy) is 1. The summed E-state index contributed by atoms with van der Waals surface area (Å²) < 4.78 is 5.84. The van der Waals surface area contributed by atoms with E-state index < -0.39 is 4.92 Å². The van der Waals surface area contributed by atoms with Crippen LogP contribution in [0.4, 0.5) is 5.69 Å². The van der Waals surface area contributed by atoms with Crippen LogP contribution in [0.1, 0.15) is 12.0 Å². The summed E-state index contributed by atoms with van der Waals surface area (Å²) in [6.07, 6.45) is 0.633. The first-order chi connectivity index (χ1) is 9.02. The van der Waals surface area contributed by atoms with E-state index in [0.717, 1.165) is 0 Å². The molecule has 1 aliphatic rings. The van der Waals surface area contributed by atoms with E-state index in [0.29, 0.717) is 35.1 Å². The van der Waals surface area contributed by atoms with Gasteiger partial charge in [-0.1, -0.05) is 12.2 Å². The summed E-state index contributed by atoms with van der Waals surface area (Å²) >= 11 is 11.1. The maximum Gasteiger partial charge on any atom is 0.270 e. The van der Waals surface area contributed by atoms with Crippen molar-refractivity contribution in [3.8, 4) is 5.75 Å². The van der Waals surface area contributed by atoms with Gasteiger partial charge in [0.25, 0.3) is 5.69 Å². The second kappa shape index (κ2) is 5.71. The van der Waals surface area contributed by atoms with Crippen LogP contribution in [0.2, 0.25) is 0 Å². The van der Waals surface area contributed by atoms with Gasteiger partial charge in [-0.25, -0.2) is 0 Å². The highest BCUT2D eigenvalue weighted by Gasteiger charge is 2.25. The van der Waals surface area contributed by atoms with Gasteiger partial charge in [0.15, 0.2) is 0 Å². The molecule has 0 radical (unpaired) electrons. The van der Waals surface area contributed by atoms with Crippen LogP contribution >= 0.6 is 23.8 Å². The molecule has 0 aliphatic carbocycles. The van der Waals surface area contributed by atoms with Crippen molar-refractivity contribution in [3.63, 3.8) is 0 Å². The van der Waals surface area contributed by atoms with E-state index in [1.165, 1.54) is 12.1 Å². The Bertz CT molecular complexity index is 524. The number of nitrogens with zero attached hydrogens (tertiary/aromatic N) is 2. The number of fused-ring (bicyclic) bond motifs is 1. The highest BCUT2D eigenvalue weighted by Crippen LogP contribution is 2.29. The van der Waals surface area contributed by atoms with Crippen LogP contribution in [0.25, 0.3) is 0 Å². The zero-order valence-electron chi connectivity index (χ0n) is 10.3. The largest absolute Gasteiger partial charge is 0.488 e. The average Bonchev–Trinajstić information content (AvgIpc) is 2.48. The Hall–Kier alpha value is -1.40. The maximum atomic E-state index is 10.8. The molecule has 0 saturated heterocycles. The van der Waals surface area contributed by atoms with Gasteiger partial charge < -0.3 is 9.64 Å². The molecule has 0 N–H and O–H groups in total. The first-order valence-electron chi connectivity index (χ1n) is 5.79. The Morgan fingerprint density at radius 3 is 3.00 bits per heavy atom. The number of halogens is 1. The molecule has 0 spiro atoms. The van der Waals surface area contributed by atoms with E-state index in [9.17, 15) is 10.1 Å². The molecule has 0 fully saturated rings. The third kappa shape index (κ3) is 2.96. The van der Waals surface area contributed by atoms with E-state index >= 15 is 0 Å². The van der Waals surface area contributed by atoms with Crippen molar-refractivity contribution in [2.45, 2.75) is 12.5 Å². The highest BCUT2D eigenvalue weighted by atomic mass is 35.5. The van der Waals surface area contributed by atoms with Crippen molar-refractivity contribution in [2.24, 2.45) is 0 Å². The van der Waals surface area contributed by atoms with Crippen molar-refractivity contribution >= 4 is 34.5 Å². The fraction of sp³-hybridized carbons (Fsp3) is 0.417. The lowest BCUT2D eigenvalue weighted by Gasteiger charge is -2.20. The molecule has 1 unspecified atom stereocenters. The predicted octanol–water partition coefficient (Wildman–Crippen LogP) is 2.59. The average molecular weight is 301 g/mol. The van der Waals surface area contributed by atoms with Gasteiger partial charge in [-0.05, 0) is 12.5 Å². The summed E-state index contributed by atoms with van der Waals surface area (Å²) in [5, 5.41) is 10.8. The van der Waals surface area contributed by atoms with Crippen molar-refractivity contribution < 1.29 is 9.66 Å². The predicted molar refractivity (Wildman–Crippen MR) is 77.2 cm³/mol. The number of thiocarbonyl (C=S) groups is 1.